The monoisotopic (exact) mass is 316 g/mol. The van der Waals surface area contributed by atoms with Gasteiger partial charge in [-0.25, -0.2) is 0 Å². The van der Waals surface area contributed by atoms with E-state index in [0.29, 0.717) is 23.5 Å². The Hall–Kier alpha value is -2.76. The maximum absolute atomic E-state index is 11.9. The van der Waals surface area contributed by atoms with Crippen molar-refractivity contribution in [2.45, 2.75) is 26.7 Å². The first-order valence-corrected chi connectivity index (χ1v) is 7.28. The lowest BCUT2D eigenvalue weighted by Gasteiger charge is -2.07. The van der Waals surface area contributed by atoms with Crippen molar-refractivity contribution in [2.75, 3.05) is 7.11 Å². The van der Waals surface area contributed by atoms with Crippen molar-refractivity contribution in [2.24, 2.45) is 0 Å². The zero-order valence-corrected chi connectivity index (χ0v) is 13.4. The summed E-state index contributed by atoms with van der Waals surface area (Å²) in [4.78, 5) is 23.7. The van der Waals surface area contributed by atoms with Gasteiger partial charge < -0.3 is 9.15 Å². The lowest BCUT2D eigenvalue weighted by molar-refractivity contribution is -0.121. The molecule has 0 aliphatic rings. The van der Waals surface area contributed by atoms with Crippen LogP contribution in [-0.4, -0.2) is 18.9 Å². The molecule has 0 saturated carbocycles. The fourth-order valence-electron chi connectivity index (χ4n) is 2.16. The summed E-state index contributed by atoms with van der Waals surface area (Å²) in [5, 5.41) is 0. The molecule has 1 heterocycles. The van der Waals surface area contributed by atoms with E-state index in [1.807, 2.05) is 24.3 Å². The number of hydrazine groups is 1. The smallest absolute Gasteiger partial charge is 0.273 e. The molecule has 0 atom stereocenters. The van der Waals surface area contributed by atoms with Crippen LogP contribution in [0.5, 0.6) is 5.75 Å². The highest BCUT2D eigenvalue weighted by atomic mass is 16.5. The molecular weight excluding hydrogens is 296 g/mol. The first-order chi connectivity index (χ1) is 11.0. The molecule has 0 spiro atoms. The van der Waals surface area contributed by atoms with Crippen molar-refractivity contribution in [1.82, 2.24) is 10.9 Å². The summed E-state index contributed by atoms with van der Waals surface area (Å²) in [6, 6.07) is 9.14. The molecule has 2 aromatic rings. The van der Waals surface area contributed by atoms with Gasteiger partial charge >= 0.3 is 0 Å². The first-order valence-electron chi connectivity index (χ1n) is 7.28. The average Bonchev–Trinajstić information content (AvgIpc) is 2.89. The van der Waals surface area contributed by atoms with Gasteiger partial charge in [0.15, 0.2) is 0 Å². The minimum absolute atomic E-state index is 0.257. The maximum Gasteiger partial charge on any atom is 0.273 e. The highest BCUT2D eigenvalue weighted by Crippen LogP contribution is 2.13. The molecule has 0 aliphatic carbocycles. The summed E-state index contributed by atoms with van der Waals surface area (Å²) >= 11 is 0. The molecule has 2 N–H and O–H groups in total. The average molecular weight is 316 g/mol. The van der Waals surface area contributed by atoms with Gasteiger partial charge in [0.25, 0.3) is 5.91 Å². The molecule has 0 saturated heterocycles. The van der Waals surface area contributed by atoms with Crippen LogP contribution in [0.25, 0.3) is 0 Å². The third-order valence-electron chi connectivity index (χ3n) is 3.40. The number of nitrogens with one attached hydrogen (secondary N) is 2. The summed E-state index contributed by atoms with van der Waals surface area (Å²) < 4.78 is 10.4. The molecule has 0 unspecified atom stereocenters. The van der Waals surface area contributed by atoms with Gasteiger partial charge in [-0.3, -0.25) is 20.4 Å². The second-order valence-electron chi connectivity index (χ2n) is 5.18. The zero-order valence-electron chi connectivity index (χ0n) is 13.4. The molecule has 0 bridgehead atoms. The lowest BCUT2D eigenvalue weighted by atomic mass is 10.1. The molecule has 2 rings (SSSR count). The molecule has 1 aromatic carbocycles. The van der Waals surface area contributed by atoms with Crippen LogP contribution in [0.1, 0.15) is 33.9 Å². The number of hydrogen-bond acceptors (Lipinski definition) is 4. The van der Waals surface area contributed by atoms with E-state index in [1.54, 1.807) is 27.0 Å². The standard InChI is InChI=1S/C17H20N2O4/c1-11-10-15(12(2)23-11)17(21)19-18-16(20)9-6-13-4-7-14(22-3)8-5-13/h4-5,7-8,10H,6,9H2,1-3H3,(H,18,20)(H,19,21). The number of methoxy groups -OCH3 is 1. The number of benzene rings is 1. The Morgan fingerprint density at radius 2 is 1.83 bits per heavy atom. The van der Waals surface area contributed by atoms with E-state index in [9.17, 15) is 9.59 Å². The van der Waals surface area contributed by atoms with Gasteiger partial charge in [-0.15, -0.1) is 0 Å². The molecule has 6 heteroatoms. The number of carbonyl (C=O) groups excluding carboxylic acids is 2. The Balaban J connectivity index is 1.78. The molecule has 23 heavy (non-hydrogen) atoms. The SMILES string of the molecule is COc1ccc(CCC(=O)NNC(=O)c2cc(C)oc2C)cc1. The van der Waals surface area contributed by atoms with Gasteiger partial charge in [0.1, 0.15) is 17.3 Å². The number of hydrogen-bond donors (Lipinski definition) is 2. The number of carbonyl (C=O) groups is 2. The van der Waals surface area contributed by atoms with E-state index >= 15 is 0 Å². The fraction of sp³-hybridized carbons (Fsp3) is 0.294. The van der Waals surface area contributed by atoms with Gasteiger partial charge in [0.05, 0.1) is 12.7 Å². The fourth-order valence-corrected chi connectivity index (χ4v) is 2.16. The van der Waals surface area contributed by atoms with Gasteiger partial charge in [-0.1, -0.05) is 12.1 Å². The molecule has 0 fully saturated rings. The summed E-state index contributed by atoms with van der Waals surface area (Å²) in [7, 11) is 1.61. The Kier molecular flexibility index (Phi) is 5.41. The molecule has 2 amide bonds. The Labute approximate surface area is 134 Å². The third-order valence-corrected chi connectivity index (χ3v) is 3.40. The number of aryl methyl sites for hydroxylation is 3. The summed E-state index contributed by atoms with van der Waals surface area (Å²) in [5.74, 6) is 1.30. The van der Waals surface area contributed by atoms with Crippen LogP contribution in [0.3, 0.4) is 0 Å². The second-order valence-corrected chi connectivity index (χ2v) is 5.18. The van der Waals surface area contributed by atoms with Gasteiger partial charge in [0.2, 0.25) is 5.91 Å². The van der Waals surface area contributed by atoms with Crippen LogP contribution in [0, 0.1) is 13.8 Å². The van der Waals surface area contributed by atoms with Crippen molar-refractivity contribution in [1.29, 1.82) is 0 Å². The number of furan rings is 1. The largest absolute Gasteiger partial charge is 0.497 e. The molecule has 1 aromatic heterocycles. The minimum atomic E-state index is -0.392. The number of rotatable bonds is 5. The van der Waals surface area contributed by atoms with E-state index in [2.05, 4.69) is 10.9 Å². The quantitative estimate of drug-likeness (QED) is 0.829. The normalized spacial score (nSPS) is 10.2. The Morgan fingerprint density at radius 1 is 1.13 bits per heavy atom. The Morgan fingerprint density at radius 3 is 2.39 bits per heavy atom. The maximum atomic E-state index is 11.9. The predicted octanol–water partition coefficient (Wildman–Crippen LogP) is 2.30. The zero-order chi connectivity index (χ0) is 16.8. The minimum Gasteiger partial charge on any atom is -0.497 e. The van der Waals surface area contributed by atoms with Gasteiger partial charge in [0, 0.05) is 6.42 Å². The van der Waals surface area contributed by atoms with Crippen LogP contribution in [0.15, 0.2) is 34.7 Å². The third kappa shape index (κ3) is 4.60. The molecule has 122 valence electrons. The summed E-state index contributed by atoms with van der Waals surface area (Å²) in [6.45, 7) is 3.46. The van der Waals surface area contributed by atoms with Crippen LogP contribution >= 0.6 is 0 Å². The second kappa shape index (κ2) is 7.49. The molecule has 0 radical (unpaired) electrons. The Bertz CT molecular complexity index is 689. The van der Waals surface area contributed by atoms with Crippen LogP contribution < -0.4 is 15.6 Å². The number of amides is 2. The van der Waals surface area contributed by atoms with Gasteiger partial charge in [-0.05, 0) is 44.0 Å². The van der Waals surface area contributed by atoms with E-state index < -0.39 is 5.91 Å². The van der Waals surface area contributed by atoms with E-state index in [4.69, 9.17) is 9.15 Å². The van der Waals surface area contributed by atoms with Gasteiger partial charge in [-0.2, -0.15) is 0 Å². The highest BCUT2D eigenvalue weighted by molar-refractivity contribution is 5.96. The van der Waals surface area contributed by atoms with E-state index in [-0.39, 0.29) is 12.3 Å². The van der Waals surface area contributed by atoms with E-state index in [1.165, 1.54) is 0 Å². The summed E-state index contributed by atoms with van der Waals surface area (Å²) in [5.41, 5.74) is 6.23. The molecule has 6 nitrogen and oxygen atoms in total. The van der Waals surface area contributed by atoms with Crippen molar-refractivity contribution in [3.05, 3.63) is 53.0 Å². The van der Waals surface area contributed by atoms with Crippen molar-refractivity contribution in [3.8, 4) is 5.75 Å². The highest BCUT2D eigenvalue weighted by Gasteiger charge is 2.14. The topological polar surface area (TPSA) is 80.6 Å². The molecular formula is C17H20N2O4. The van der Waals surface area contributed by atoms with Crippen molar-refractivity contribution in [3.63, 3.8) is 0 Å². The van der Waals surface area contributed by atoms with Crippen molar-refractivity contribution < 1.29 is 18.7 Å². The van der Waals surface area contributed by atoms with Crippen molar-refractivity contribution >= 4 is 11.8 Å². The lowest BCUT2D eigenvalue weighted by Crippen LogP contribution is -2.41. The first kappa shape index (κ1) is 16.6. The van der Waals surface area contributed by atoms with Crippen LogP contribution in [0.4, 0.5) is 0 Å². The summed E-state index contributed by atoms with van der Waals surface area (Å²) in [6.07, 6.45) is 0.853. The van der Waals surface area contributed by atoms with Crippen LogP contribution in [0.2, 0.25) is 0 Å². The molecule has 0 aliphatic heterocycles. The predicted molar refractivity (Wildman–Crippen MR) is 85.1 cm³/mol. The number of ether oxygens (including phenoxy) is 1. The van der Waals surface area contributed by atoms with Crippen LogP contribution in [-0.2, 0) is 11.2 Å². The van der Waals surface area contributed by atoms with E-state index in [0.717, 1.165) is 11.3 Å².